The van der Waals surface area contributed by atoms with E-state index in [1.54, 1.807) is 0 Å². The van der Waals surface area contributed by atoms with Crippen molar-refractivity contribution in [1.29, 1.82) is 0 Å². The number of rotatable bonds is 14. The normalized spacial score (nSPS) is 12.6. The Hall–Kier alpha value is -2.77. The molecule has 0 radical (unpaired) electrons. The van der Waals surface area contributed by atoms with Gasteiger partial charge in [0.25, 0.3) is 0 Å². The van der Waals surface area contributed by atoms with Crippen LogP contribution in [0.15, 0.2) is 41.6 Å². The molecule has 31 heavy (non-hydrogen) atoms. The van der Waals surface area contributed by atoms with Crippen LogP contribution in [0.5, 0.6) is 0 Å². The van der Waals surface area contributed by atoms with Crippen LogP contribution in [0.2, 0.25) is 0 Å². The Morgan fingerprint density at radius 3 is 2.35 bits per heavy atom. The average molecular weight is 425 g/mol. The summed E-state index contributed by atoms with van der Waals surface area (Å²) in [5, 5.41) is 3.38. The van der Waals surface area contributed by atoms with Crippen LogP contribution in [0, 0.1) is 0 Å². The van der Waals surface area contributed by atoms with E-state index in [2.05, 4.69) is 45.3 Å². The van der Waals surface area contributed by atoms with Crippen LogP contribution in [-0.4, -0.2) is 57.0 Å². The highest BCUT2D eigenvalue weighted by Gasteiger charge is 2.18. The molecular weight excluding hydrogens is 396 g/mol. The number of carbonyl (C=O) groups excluding carboxylic acids is 1. The molecule has 0 aliphatic heterocycles. The zero-order chi connectivity index (χ0) is 21.7. The van der Waals surface area contributed by atoms with Gasteiger partial charge in [0.1, 0.15) is 5.78 Å². The van der Waals surface area contributed by atoms with E-state index in [1.165, 1.54) is 0 Å². The molecule has 0 atom stereocenters. The fraction of sp³-hybridized carbons (Fsp3) is 0.478. The minimum atomic E-state index is 0.294. The van der Waals surface area contributed by atoms with Crippen molar-refractivity contribution in [3.8, 4) is 11.1 Å². The molecule has 1 aromatic heterocycles. The molecular formula is C23H28N4O4. The molecule has 0 spiro atoms. The number of ketones is 1. The lowest BCUT2D eigenvalue weighted by atomic mass is 10.0. The van der Waals surface area contributed by atoms with Crippen LogP contribution in [0.25, 0.3) is 21.6 Å². The summed E-state index contributed by atoms with van der Waals surface area (Å²) in [6.45, 7) is 3.46. The minimum Gasteiger partial charge on any atom is -0.379 e. The lowest BCUT2D eigenvalue weighted by Crippen LogP contribution is -2.11. The second-order valence-electron chi connectivity index (χ2n) is 7.31. The number of pyridine rings is 1. The van der Waals surface area contributed by atoms with Gasteiger partial charge < -0.3 is 14.2 Å². The van der Waals surface area contributed by atoms with Crippen LogP contribution in [0.1, 0.15) is 23.2 Å². The number of hydrogen-bond donors (Lipinski definition) is 0. The lowest BCUT2D eigenvalue weighted by Gasteiger charge is -2.07. The Labute approximate surface area is 182 Å². The van der Waals surface area contributed by atoms with Crippen molar-refractivity contribution in [2.45, 2.75) is 25.7 Å². The lowest BCUT2D eigenvalue weighted by molar-refractivity contribution is -0.117. The Balaban J connectivity index is 1.26. The molecule has 0 N–H and O–H groups in total. The summed E-state index contributed by atoms with van der Waals surface area (Å²) in [5.41, 5.74) is 13.6. The molecule has 1 aliphatic carbocycles. The highest BCUT2D eigenvalue weighted by molar-refractivity contribution is 5.88. The standard InChI is InChI=1S/C23H28N4O4/c24-27-26-7-9-30-11-13-31-12-10-29-8-1-2-22-6-5-20(17-25-22)18-3-4-19-15-23(28)16-21(19)14-18/h3-6,14,17H,1-2,7-13,15-16H2. The molecule has 0 amide bonds. The van der Waals surface area contributed by atoms with E-state index in [4.69, 9.17) is 19.7 Å². The number of aromatic nitrogens is 1. The second kappa shape index (κ2) is 12.8. The molecule has 1 aliphatic rings. The van der Waals surface area contributed by atoms with Gasteiger partial charge in [-0.2, -0.15) is 0 Å². The van der Waals surface area contributed by atoms with Crippen molar-refractivity contribution in [2.24, 2.45) is 5.11 Å². The van der Waals surface area contributed by atoms with Crippen LogP contribution in [0.4, 0.5) is 0 Å². The fourth-order valence-corrected chi connectivity index (χ4v) is 3.42. The van der Waals surface area contributed by atoms with E-state index < -0.39 is 0 Å². The van der Waals surface area contributed by atoms with Crippen molar-refractivity contribution in [2.75, 3.05) is 46.2 Å². The van der Waals surface area contributed by atoms with Crippen LogP contribution >= 0.6 is 0 Å². The summed E-state index contributed by atoms with van der Waals surface area (Å²) in [7, 11) is 0. The van der Waals surface area contributed by atoms with Crippen LogP contribution in [-0.2, 0) is 38.3 Å². The van der Waals surface area contributed by atoms with E-state index in [0.717, 1.165) is 40.8 Å². The maximum Gasteiger partial charge on any atom is 0.141 e. The Morgan fingerprint density at radius 1 is 0.903 bits per heavy atom. The fourth-order valence-electron chi connectivity index (χ4n) is 3.42. The molecule has 0 bridgehead atoms. The Kier molecular flexibility index (Phi) is 9.47. The maximum atomic E-state index is 11.6. The van der Waals surface area contributed by atoms with Gasteiger partial charge in [0.05, 0.1) is 33.0 Å². The quantitative estimate of drug-likeness (QED) is 0.199. The summed E-state index contributed by atoms with van der Waals surface area (Å²) < 4.78 is 16.2. The smallest absolute Gasteiger partial charge is 0.141 e. The summed E-state index contributed by atoms with van der Waals surface area (Å²) in [6.07, 6.45) is 4.77. The van der Waals surface area contributed by atoms with Gasteiger partial charge in [-0.15, -0.1) is 0 Å². The van der Waals surface area contributed by atoms with Gasteiger partial charge in [-0.1, -0.05) is 29.4 Å². The van der Waals surface area contributed by atoms with E-state index >= 15 is 0 Å². The predicted molar refractivity (Wildman–Crippen MR) is 117 cm³/mol. The average Bonchev–Trinajstić information content (AvgIpc) is 3.16. The predicted octanol–water partition coefficient (Wildman–Crippen LogP) is 3.71. The minimum absolute atomic E-state index is 0.294. The van der Waals surface area contributed by atoms with Crippen molar-refractivity contribution in [3.63, 3.8) is 0 Å². The molecule has 0 saturated heterocycles. The highest BCUT2D eigenvalue weighted by atomic mass is 16.5. The molecule has 0 unspecified atom stereocenters. The first kappa shape index (κ1) is 22.9. The number of aryl methyl sites for hydroxylation is 1. The third-order valence-corrected chi connectivity index (χ3v) is 5.00. The second-order valence-corrected chi connectivity index (χ2v) is 7.31. The van der Waals surface area contributed by atoms with E-state index in [1.807, 2.05) is 6.20 Å². The molecule has 2 aromatic rings. The first-order valence-corrected chi connectivity index (χ1v) is 10.6. The van der Waals surface area contributed by atoms with Crippen molar-refractivity contribution >= 4 is 5.78 Å². The number of hydrogen-bond acceptors (Lipinski definition) is 6. The Morgan fingerprint density at radius 2 is 1.61 bits per heavy atom. The molecule has 8 nitrogen and oxygen atoms in total. The Bertz CT molecular complexity index is 895. The van der Waals surface area contributed by atoms with E-state index in [0.29, 0.717) is 64.8 Å². The zero-order valence-electron chi connectivity index (χ0n) is 17.7. The maximum absolute atomic E-state index is 11.6. The van der Waals surface area contributed by atoms with Crippen molar-refractivity contribution < 1.29 is 19.0 Å². The number of ether oxygens (including phenoxy) is 3. The largest absolute Gasteiger partial charge is 0.379 e. The summed E-state index contributed by atoms with van der Waals surface area (Å²) >= 11 is 0. The van der Waals surface area contributed by atoms with Gasteiger partial charge in [-0.05, 0) is 41.1 Å². The van der Waals surface area contributed by atoms with Crippen molar-refractivity contribution in [1.82, 2.24) is 4.98 Å². The van der Waals surface area contributed by atoms with Gasteiger partial charge in [0.15, 0.2) is 0 Å². The molecule has 0 fully saturated rings. The van der Waals surface area contributed by atoms with Crippen LogP contribution < -0.4 is 0 Å². The summed E-state index contributed by atoms with van der Waals surface area (Å²) in [4.78, 5) is 18.8. The molecule has 3 rings (SSSR count). The van der Waals surface area contributed by atoms with Crippen molar-refractivity contribution in [3.05, 3.63) is 63.8 Å². The van der Waals surface area contributed by atoms with Crippen LogP contribution in [0.3, 0.4) is 0 Å². The molecule has 0 saturated carbocycles. The molecule has 1 aromatic carbocycles. The first-order valence-electron chi connectivity index (χ1n) is 10.6. The summed E-state index contributed by atoms with van der Waals surface area (Å²) in [6, 6.07) is 10.4. The number of Topliss-reactive ketones (excluding diaryl/α,β-unsaturated/α-hetero) is 1. The molecule has 8 heteroatoms. The highest BCUT2D eigenvalue weighted by Crippen LogP contribution is 2.26. The number of benzene rings is 1. The zero-order valence-corrected chi connectivity index (χ0v) is 17.7. The summed E-state index contributed by atoms with van der Waals surface area (Å²) in [5.74, 6) is 0.294. The number of carbonyl (C=O) groups is 1. The van der Waals surface area contributed by atoms with E-state index in [-0.39, 0.29) is 0 Å². The number of fused-ring (bicyclic) bond motifs is 1. The first-order chi connectivity index (χ1) is 15.3. The third kappa shape index (κ3) is 7.77. The molecule has 164 valence electrons. The molecule has 1 heterocycles. The SMILES string of the molecule is [N-]=[N+]=NCCOCCOCCOCCCc1ccc(-c2ccc3c(c2)CC(=O)C3)cn1. The number of azide groups is 1. The third-order valence-electron chi connectivity index (χ3n) is 5.00. The van der Waals surface area contributed by atoms with E-state index in [9.17, 15) is 4.79 Å². The van der Waals surface area contributed by atoms with Gasteiger partial charge in [0, 0.05) is 48.4 Å². The van der Waals surface area contributed by atoms with Gasteiger partial charge in [-0.3, -0.25) is 9.78 Å². The monoisotopic (exact) mass is 424 g/mol. The van der Waals surface area contributed by atoms with Gasteiger partial charge >= 0.3 is 0 Å². The number of nitrogens with zero attached hydrogens (tertiary/aromatic N) is 4. The van der Waals surface area contributed by atoms with Gasteiger partial charge in [0.2, 0.25) is 0 Å². The topological polar surface area (TPSA) is 106 Å². The van der Waals surface area contributed by atoms with Gasteiger partial charge in [-0.25, -0.2) is 0 Å².